The number of urea groups is 1. The summed E-state index contributed by atoms with van der Waals surface area (Å²) in [6.07, 6.45) is 2.63. The van der Waals surface area contributed by atoms with E-state index in [4.69, 9.17) is 19.3 Å². The first kappa shape index (κ1) is 18.9. The van der Waals surface area contributed by atoms with Crippen LogP contribution in [0.1, 0.15) is 31.2 Å². The van der Waals surface area contributed by atoms with E-state index in [-0.39, 0.29) is 24.2 Å². The minimum atomic E-state index is -0.774. The van der Waals surface area contributed by atoms with Crippen LogP contribution >= 0.6 is 0 Å². The van der Waals surface area contributed by atoms with Crippen LogP contribution in [0.15, 0.2) is 18.2 Å². The molecule has 2 saturated heterocycles. The summed E-state index contributed by atoms with van der Waals surface area (Å²) in [5, 5.41) is 12.2. The van der Waals surface area contributed by atoms with Crippen LogP contribution in [0, 0.1) is 5.92 Å². The third-order valence-corrected chi connectivity index (χ3v) is 6.14. The molecule has 0 aromatic heterocycles. The zero-order valence-corrected chi connectivity index (χ0v) is 15.8. The van der Waals surface area contributed by atoms with Gasteiger partial charge in [-0.3, -0.25) is 4.79 Å². The number of carbonyl (C=O) groups excluding carboxylic acids is 1. The van der Waals surface area contributed by atoms with E-state index in [0.29, 0.717) is 45.7 Å². The second-order valence-corrected chi connectivity index (χ2v) is 7.72. The number of hydrogen-bond acceptors (Lipinski definition) is 5. The van der Waals surface area contributed by atoms with Crippen molar-refractivity contribution in [2.45, 2.75) is 31.1 Å². The highest BCUT2D eigenvalue weighted by Crippen LogP contribution is 2.40. The molecule has 2 amide bonds. The molecular formula is C20H26N2O6. The number of rotatable bonds is 4. The van der Waals surface area contributed by atoms with Gasteiger partial charge in [0, 0.05) is 38.3 Å². The number of likely N-dealkylation sites (tertiary alicyclic amines) is 1. The summed E-state index contributed by atoms with van der Waals surface area (Å²) in [7, 11) is 0. The Morgan fingerprint density at radius 1 is 1.14 bits per heavy atom. The number of aliphatic carboxylic acids is 1. The van der Waals surface area contributed by atoms with Crippen LogP contribution in [0.25, 0.3) is 0 Å². The van der Waals surface area contributed by atoms with Crippen molar-refractivity contribution in [3.8, 4) is 11.5 Å². The Balaban J connectivity index is 1.43. The fraction of sp³-hybridized carbons (Fsp3) is 0.600. The van der Waals surface area contributed by atoms with Gasteiger partial charge in [-0.1, -0.05) is 6.07 Å². The third-order valence-electron chi connectivity index (χ3n) is 6.14. The summed E-state index contributed by atoms with van der Waals surface area (Å²) in [4.78, 5) is 25.5. The second kappa shape index (κ2) is 7.87. The lowest BCUT2D eigenvalue weighted by Crippen LogP contribution is -2.50. The molecule has 1 aromatic carbocycles. The quantitative estimate of drug-likeness (QED) is 0.816. The Kier molecular flexibility index (Phi) is 5.30. The molecule has 3 heterocycles. The minimum absolute atomic E-state index is 0.129. The van der Waals surface area contributed by atoms with E-state index >= 15 is 0 Å². The van der Waals surface area contributed by atoms with Gasteiger partial charge in [0.2, 0.25) is 6.79 Å². The smallest absolute Gasteiger partial charge is 0.317 e. The fourth-order valence-corrected chi connectivity index (χ4v) is 4.24. The van der Waals surface area contributed by atoms with Crippen molar-refractivity contribution in [3.63, 3.8) is 0 Å². The molecule has 4 rings (SSSR count). The van der Waals surface area contributed by atoms with E-state index < -0.39 is 5.97 Å². The Labute approximate surface area is 163 Å². The average Bonchev–Trinajstić information content (AvgIpc) is 3.21. The number of nitrogens with one attached hydrogen (secondary N) is 1. The molecule has 0 unspecified atom stereocenters. The molecule has 152 valence electrons. The summed E-state index contributed by atoms with van der Waals surface area (Å²) in [5.74, 6) is 0.366. The van der Waals surface area contributed by atoms with Crippen LogP contribution in [0.3, 0.4) is 0 Å². The van der Waals surface area contributed by atoms with E-state index in [9.17, 15) is 9.59 Å². The van der Waals surface area contributed by atoms with Crippen molar-refractivity contribution in [2.24, 2.45) is 5.92 Å². The molecule has 3 aliphatic heterocycles. The van der Waals surface area contributed by atoms with Gasteiger partial charge in [0.25, 0.3) is 0 Å². The summed E-state index contributed by atoms with van der Waals surface area (Å²) in [6, 6.07) is 5.85. The number of hydrogen-bond donors (Lipinski definition) is 2. The van der Waals surface area contributed by atoms with Crippen molar-refractivity contribution in [1.29, 1.82) is 0 Å². The maximum atomic E-state index is 12.7. The normalized spacial score (nSPS) is 21.4. The molecule has 3 aliphatic rings. The first-order chi connectivity index (χ1) is 13.6. The number of amides is 2. The molecule has 0 aliphatic carbocycles. The van der Waals surface area contributed by atoms with Crippen LogP contribution in [-0.4, -0.2) is 61.6 Å². The first-order valence-electron chi connectivity index (χ1n) is 9.81. The lowest BCUT2D eigenvalue weighted by Gasteiger charge is -2.39. The standard InChI is InChI=1S/C20H26N2O6/c23-18(24)14-3-7-22(8-4-14)19(25)21-12-20(5-9-26-10-6-20)15-1-2-16-17(11-15)28-13-27-16/h1-2,11,14H,3-10,12-13H2,(H,21,25)(H,23,24). The molecule has 0 bridgehead atoms. The predicted octanol–water partition coefficient (Wildman–Crippen LogP) is 1.97. The van der Waals surface area contributed by atoms with Crippen LogP contribution in [-0.2, 0) is 14.9 Å². The van der Waals surface area contributed by atoms with Crippen molar-refractivity contribution in [1.82, 2.24) is 10.2 Å². The monoisotopic (exact) mass is 390 g/mol. The van der Waals surface area contributed by atoms with E-state index in [1.807, 2.05) is 18.2 Å². The summed E-state index contributed by atoms with van der Waals surface area (Å²) >= 11 is 0. The SMILES string of the molecule is O=C(O)C1CCN(C(=O)NCC2(c3ccc4c(c3)OCO4)CCOCC2)CC1. The van der Waals surface area contributed by atoms with Crippen LogP contribution in [0.5, 0.6) is 11.5 Å². The lowest BCUT2D eigenvalue weighted by molar-refractivity contribution is -0.143. The molecule has 0 atom stereocenters. The molecule has 8 nitrogen and oxygen atoms in total. The topological polar surface area (TPSA) is 97.3 Å². The number of benzene rings is 1. The van der Waals surface area contributed by atoms with Crippen LogP contribution in [0.4, 0.5) is 4.79 Å². The molecular weight excluding hydrogens is 364 g/mol. The van der Waals surface area contributed by atoms with Gasteiger partial charge >= 0.3 is 12.0 Å². The van der Waals surface area contributed by atoms with Crippen LogP contribution < -0.4 is 14.8 Å². The van der Waals surface area contributed by atoms with Crippen LogP contribution in [0.2, 0.25) is 0 Å². The van der Waals surface area contributed by atoms with Gasteiger partial charge in [-0.05, 0) is 43.4 Å². The number of carboxylic acids is 1. The average molecular weight is 390 g/mol. The maximum absolute atomic E-state index is 12.7. The molecule has 2 N–H and O–H groups in total. The first-order valence-corrected chi connectivity index (χ1v) is 9.81. The highest BCUT2D eigenvalue weighted by atomic mass is 16.7. The molecule has 0 radical (unpaired) electrons. The molecule has 1 aromatic rings. The number of ether oxygens (including phenoxy) is 3. The molecule has 0 spiro atoms. The maximum Gasteiger partial charge on any atom is 0.317 e. The number of fused-ring (bicyclic) bond motifs is 1. The Morgan fingerprint density at radius 3 is 2.57 bits per heavy atom. The Bertz CT molecular complexity index is 738. The van der Waals surface area contributed by atoms with Crippen molar-refractivity contribution < 1.29 is 28.9 Å². The van der Waals surface area contributed by atoms with Crippen molar-refractivity contribution >= 4 is 12.0 Å². The molecule has 0 saturated carbocycles. The molecule has 28 heavy (non-hydrogen) atoms. The van der Waals surface area contributed by atoms with Gasteiger partial charge in [-0.25, -0.2) is 4.79 Å². The number of carbonyl (C=O) groups is 2. The third kappa shape index (κ3) is 3.73. The number of carboxylic acid groups (broad SMARTS) is 1. The highest BCUT2D eigenvalue weighted by Gasteiger charge is 2.37. The van der Waals surface area contributed by atoms with Gasteiger partial charge in [0.1, 0.15) is 0 Å². The van der Waals surface area contributed by atoms with Gasteiger partial charge in [0.15, 0.2) is 11.5 Å². The molecule has 8 heteroatoms. The van der Waals surface area contributed by atoms with E-state index in [0.717, 1.165) is 29.9 Å². The zero-order chi connectivity index (χ0) is 19.6. The van der Waals surface area contributed by atoms with Gasteiger partial charge in [-0.15, -0.1) is 0 Å². The Morgan fingerprint density at radius 2 is 1.86 bits per heavy atom. The van der Waals surface area contributed by atoms with Gasteiger partial charge in [-0.2, -0.15) is 0 Å². The summed E-state index contributed by atoms with van der Waals surface area (Å²) in [5.41, 5.74) is 0.902. The fourth-order valence-electron chi connectivity index (χ4n) is 4.24. The highest BCUT2D eigenvalue weighted by molar-refractivity contribution is 5.75. The minimum Gasteiger partial charge on any atom is -0.481 e. The van der Waals surface area contributed by atoms with Crippen molar-refractivity contribution in [2.75, 3.05) is 39.6 Å². The summed E-state index contributed by atoms with van der Waals surface area (Å²) in [6.45, 7) is 2.99. The lowest BCUT2D eigenvalue weighted by atomic mass is 9.74. The number of piperidine rings is 1. The van der Waals surface area contributed by atoms with E-state index in [1.54, 1.807) is 4.90 Å². The Hall–Kier alpha value is -2.48. The second-order valence-electron chi connectivity index (χ2n) is 7.72. The largest absolute Gasteiger partial charge is 0.481 e. The van der Waals surface area contributed by atoms with Crippen molar-refractivity contribution in [3.05, 3.63) is 23.8 Å². The van der Waals surface area contributed by atoms with Gasteiger partial charge < -0.3 is 29.5 Å². The molecule has 2 fully saturated rings. The number of nitrogens with zero attached hydrogens (tertiary/aromatic N) is 1. The zero-order valence-electron chi connectivity index (χ0n) is 15.8. The van der Waals surface area contributed by atoms with E-state index in [1.165, 1.54) is 0 Å². The van der Waals surface area contributed by atoms with Gasteiger partial charge in [0.05, 0.1) is 5.92 Å². The predicted molar refractivity (Wildman–Crippen MR) is 99.6 cm³/mol. The summed E-state index contributed by atoms with van der Waals surface area (Å²) < 4.78 is 16.5. The van der Waals surface area contributed by atoms with E-state index in [2.05, 4.69) is 5.32 Å².